The molecular weight excluding hydrogens is 362 g/mol. The molecule has 4 aromatic rings. The zero-order chi connectivity index (χ0) is 18.5. The van der Waals surface area contributed by atoms with Gasteiger partial charge in [0, 0.05) is 41.7 Å². The highest BCUT2D eigenvalue weighted by molar-refractivity contribution is 7.14. The van der Waals surface area contributed by atoms with E-state index in [1.165, 1.54) is 11.3 Å². The van der Waals surface area contributed by atoms with E-state index in [1.54, 1.807) is 24.5 Å². The number of nitrogens with zero attached hydrogens (tertiary/aromatic N) is 4. The van der Waals surface area contributed by atoms with E-state index in [1.807, 2.05) is 35.7 Å². The standard InChI is InChI=1S/C19H15N5O2S/c25-16(22-19-21-15(12-27-19)13-4-2-1-3-5-13)6-7-17-23-18(24-26-17)14-8-10-20-11-9-14/h1-5,8-12H,6-7H2,(H,21,22,25). The number of carbonyl (C=O) groups excluding carboxylic acids is 1. The molecule has 3 heterocycles. The van der Waals surface area contributed by atoms with Crippen molar-refractivity contribution < 1.29 is 9.32 Å². The topological polar surface area (TPSA) is 93.8 Å². The lowest BCUT2D eigenvalue weighted by atomic mass is 10.2. The van der Waals surface area contributed by atoms with Gasteiger partial charge in [-0.3, -0.25) is 9.78 Å². The third-order valence-electron chi connectivity index (χ3n) is 3.79. The fourth-order valence-electron chi connectivity index (χ4n) is 2.45. The van der Waals surface area contributed by atoms with E-state index >= 15 is 0 Å². The first kappa shape index (κ1) is 17.0. The number of anilines is 1. The number of hydrogen-bond donors (Lipinski definition) is 1. The maximum atomic E-state index is 12.2. The van der Waals surface area contributed by atoms with E-state index in [4.69, 9.17) is 4.52 Å². The molecule has 0 fully saturated rings. The van der Waals surface area contributed by atoms with Gasteiger partial charge in [-0.25, -0.2) is 4.98 Å². The number of thiazole rings is 1. The average Bonchev–Trinajstić information content (AvgIpc) is 3.37. The summed E-state index contributed by atoms with van der Waals surface area (Å²) in [4.78, 5) is 24.9. The monoisotopic (exact) mass is 377 g/mol. The number of carbonyl (C=O) groups is 1. The van der Waals surface area contributed by atoms with Gasteiger partial charge in [0.05, 0.1) is 5.69 Å². The fourth-order valence-corrected chi connectivity index (χ4v) is 3.19. The smallest absolute Gasteiger partial charge is 0.227 e. The Morgan fingerprint density at radius 3 is 2.67 bits per heavy atom. The van der Waals surface area contributed by atoms with E-state index < -0.39 is 0 Å². The van der Waals surface area contributed by atoms with Crippen molar-refractivity contribution in [3.63, 3.8) is 0 Å². The maximum Gasteiger partial charge on any atom is 0.227 e. The third kappa shape index (κ3) is 4.24. The van der Waals surface area contributed by atoms with E-state index in [2.05, 4.69) is 25.4 Å². The first-order valence-electron chi connectivity index (χ1n) is 8.32. The molecule has 27 heavy (non-hydrogen) atoms. The predicted molar refractivity (Wildman–Crippen MR) is 102 cm³/mol. The van der Waals surface area contributed by atoms with Gasteiger partial charge in [-0.1, -0.05) is 35.5 Å². The zero-order valence-electron chi connectivity index (χ0n) is 14.2. The molecule has 3 aromatic heterocycles. The average molecular weight is 377 g/mol. The van der Waals surface area contributed by atoms with Crippen LogP contribution in [0.5, 0.6) is 0 Å². The number of amides is 1. The molecule has 0 aliphatic carbocycles. The van der Waals surface area contributed by atoms with Crippen LogP contribution in [0.15, 0.2) is 64.8 Å². The molecule has 0 spiro atoms. The van der Waals surface area contributed by atoms with Crippen molar-refractivity contribution in [2.75, 3.05) is 5.32 Å². The number of nitrogens with one attached hydrogen (secondary N) is 1. The Balaban J connectivity index is 1.33. The molecule has 0 saturated heterocycles. The SMILES string of the molecule is O=C(CCc1nc(-c2ccncc2)no1)Nc1nc(-c2ccccc2)cs1. The predicted octanol–water partition coefficient (Wildman–Crippen LogP) is 3.83. The van der Waals surface area contributed by atoms with E-state index in [-0.39, 0.29) is 12.3 Å². The Morgan fingerprint density at radius 1 is 1.04 bits per heavy atom. The summed E-state index contributed by atoms with van der Waals surface area (Å²) in [5, 5.41) is 9.23. The molecule has 0 saturated carbocycles. The maximum absolute atomic E-state index is 12.2. The summed E-state index contributed by atoms with van der Waals surface area (Å²) in [6.07, 6.45) is 3.92. The van der Waals surface area contributed by atoms with Gasteiger partial charge in [0.25, 0.3) is 0 Å². The van der Waals surface area contributed by atoms with Crippen molar-refractivity contribution in [1.29, 1.82) is 0 Å². The molecule has 0 bridgehead atoms. The summed E-state index contributed by atoms with van der Waals surface area (Å²) in [5.74, 6) is 0.758. The van der Waals surface area contributed by atoms with Crippen LogP contribution >= 0.6 is 11.3 Å². The number of benzene rings is 1. The number of rotatable bonds is 6. The van der Waals surface area contributed by atoms with Crippen LogP contribution in [-0.2, 0) is 11.2 Å². The van der Waals surface area contributed by atoms with Crippen molar-refractivity contribution in [2.45, 2.75) is 12.8 Å². The summed E-state index contributed by atoms with van der Waals surface area (Å²) < 4.78 is 5.21. The zero-order valence-corrected chi connectivity index (χ0v) is 15.0. The quantitative estimate of drug-likeness (QED) is 0.549. The van der Waals surface area contributed by atoms with Gasteiger partial charge < -0.3 is 9.84 Å². The molecule has 0 atom stereocenters. The van der Waals surface area contributed by atoms with Crippen LogP contribution in [0.1, 0.15) is 12.3 Å². The number of aromatic nitrogens is 4. The van der Waals surface area contributed by atoms with Crippen molar-refractivity contribution in [3.8, 4) is 22.6 Å². The Labute approximate surface area is 159 Å². The molecule has 1 amide bonds. The minimum atomic E-state index is -0.146. The summed E-state index contributed by atoms with van der Waals surface area (Å²) in [7, 11) is 0. The van der Waals surface area contributed by atoms with E-state index in [0.29, 0.717) is 23.3 Å². The van der Waals surface area contributed by atoms with Gasteiger partial charge in [0.2, 0.25) is 17.6 Å². The molecular formula is C19H15N5O2S. The van der Waals surface area contributed by atoms with Crippen molar-refractivity contribution in [3.05, 3.63) is 66.1 Å². The Hall–Kier alpha value is -3.39. The number of hydrogen-bond acceptors (Lipinski definition) is 7. The van der Waals surface area contributed by atoms with Crippen molar-refractivity contribution >= 4 is 22.4 Å². The molecule has 1 aromatic carbocycles. The minimum absolute atomic E-state index is 0.146. The van der Waals surface area contributed by atoms with Crippen LogP contribution in [0.3, 0.4) is 0 Å². The van der Waals surface area contributed by atoms with Crippen LogP contribution in [0.2, 0.25) is 0 Å². The van der Waals surface area contributed by atoms with Gasteiger partial charge in [-0.2, -0.15) is 4.98 Å². The molecule has 0 aliphatic heterocycles. The number of aryl methyl sites for hydroxylation is 1. The summed E-state index contributed by atoms with van der Waals surface area (Å²) in [6, 6.07) is 13.4. The normalized spacial score (nSPS) is 10.7. The fraction of sp³-hybridized carbons (Fsp3) is 0.105. The highest BCUT2D eigenvalue weighted by Crippen LogP contribution is 2.24. The first-order valence-corrected chi connectivity index (χ1v) is 9.20. The Kier molecular flexibility index (Phi) is 4.97. The summed E-state index contributed by atoms with van der Waals surface area (Å²) >= 11 is 1.40. The Morgan fingerprint density at radius 2 is 1.85 bits per heavy atom. The molecule has 0 unspecified atom stereocenters. The van der Waals surface area contributed by atoms with Crippen LogP contribution in [0.25, 0.3) is 22.6 Å². The second-order valence-electron chi connectivity index (χ2n) is 5.70. The molecule has 134 valence electrons. The summed E-state index contributed by atoms with van der Waals surface area (Å²) in [5.41, 5.74) is 2.68. The van der Waals surface area contributed by atoms with Gasteiger partial charge in [0.15, 0.2) is 5.13 Å². The second kappa shape index (κ2) is 7.88. The van der Waals surface area contributed by atoms with Gasteiger partial charge in [-0.15, -0.1) is 11.3 Å². The Bertz CT molecular complexity index is 1030. The first-order chi connectivity index (χ1) is 13.3. The molecule has 8 heteroatoms. The van der Waals surface area contributed by atoms with Crippen LogP contribution in [0, 0.1) is 0 Å². The van der Waals surface area contributed by atoms with Gasteiger partial charge in [-0.05, 0) is 12.1 Å². The molecule has 0 radical (unpaired) electrons. The highest BCUT2D eigenvalue weighted by atomic mass is 32.1. The molecule has 4 rings (SSSR count). The van der Waals surface area contributed by atoms with E-state index in [0.717, 1.165) is 16.8 Å². The van der Waals surface area contributed by atoms with Crippen molar-refractivity contribution in [2.24, 2.45) is 0 Å². The lowest BCUT2D eigenvalue weighted by Gasteiger charge is -1.99. The molecule has 7 nitrogen and oxygen atoms in total. The highest BCUT2D eigenvalue weighted by Gasteiger charge is 2.12. The second-order valence-corrected chi connectivity index (χ2v) is 6.56. The van der Waals surface area contributed by atoms with Gasteiger partial charge in [0.1, 0.15) is 0 Å². The molecule has 1 N–H and O–H groups in total. The lowest BCUT2D eigenvalue weighted by Crippen LogP contribution is -2.12. The largest absolute Gasteiger partial charge is 0.339 e. The lowest BCUT2D eigenvalue weighted by molar-refractivity contribution is -0.116. The van der Waals surface area contributed by atoms with Gasteiger partial charge >= 0.3 is 0 Å². The third-order valence-corrected chi connectivity index (χ3v) is 4.55. The summed E-state index contributed by atoms with van der Waals surface area (Å²) in [6.45, 7) is 0. The van der Waals surface area contributed by atoms with E-state index in [9.17, 15) is 4.79 Å². The van der Waals surface area contributed by atoms with Crippen molar-refractivity contribution in [1.82, 2.24) is 20.1 Å². The minimum Gasteiger partial charge on any atom is -0.339 e. The van der Waals surface area contributed by atoms with Crippen LogP contribution in [0.4, 0.5) is 5.13 Å². The number of pyridine rings is 1. The van der Waals surface area contributed by atoms with Crippen LogP contribution < -0.4 is 5.32 Å². The molecule has 0 aliphatic rings. The van der Waals surface area contributed by atoms with Crippen LogP contribution in [-0.4, -0.2) is 26.0 Å².